The van der Waals surface area contributed by atoms with Crippen molar-refractivity contribution in [1.29, 1.82) is 0 Å². The summed E-state index contributed by atoms with van der Waals surface area (Å²) in [5.41, 5.74) is 0.846. The predicted octanol–water partition coefficient (Wildman–Crippen LogP) is 0.699. The first-order chi connectivity index (χ1) is 9.78. The van der Waals surface area contributed by atoms with Gasteiger partial charge in [0.15, 0.2) is 10.8 Å². The second-order valence-corrected chi connectivity index (χ2v) is 6.19. The van der Waals surface area contributed by atoms with Crippen LogP contribution in [0.1, 0.15) is 18.5 Å². The predicted molar refractivity (Wildman–Crippen MR) is 75.9 cm³/mol. The third kappa shape index (κ3) is 1.66. The lowest BCUT2D eigenvalue weighted by atomic mass is 10.1. The van der Waals surface area contributed by atoms with E-state index in [0.717, 1.165) is 42.5 Å². The van der Waals surface area contributed by atoms with Gasteiger partial charge >= 0.3 is 0 Å². The second-order valence-electron chi connectivity index (χ2n) is 5.32. The summed E-state index contributed by atoms with van der Waals surface area (Å²) in [5, 5.41) is 11.6. The molecule has 2 aliphatic heterocycles. The highest BCUT2D eigenvalue weighted by Gasteiger charge is 2.36. The van der Waals surface area contributed by atoms with E-state index in [1.165, 1.54) is 0 Å². The number of piperazine rings is 1. The number of hydrogen-bond acceptors (Lipinski definition) is 5. The third-order valence-corrected chi connectivity index (χ3v) is 5.04. The monoisotopic (exact) mass is 292 g/mol. The van der Waals surface area contributed by atoms with Crippen LogP contribution >= 0.6 is 11.3 Å². The molecule has 0 saturated carbocycles. The summed E-state index contributed by atoms with van der Waals surface area (Å²) < 4.78 is 1.95. The van der Waals surface area contributed by atoms with Gasteiger partial charge in [0, 0.05) is 43.7 Å². The largest absolute Gasteiger partial charge is 0.390 e. The minimum Gasteiger partial charge on any atom is -0.390 e. The number of imidazole rings is 1. The van der Waals surface area contributed by atoms with Crippen molar-refractivity contribution in [1.82, 2.24) is 14.3 Å². The van der Waals surface area contributed by atoms with Crippen LogP contribution in [0.5, 0.6) is 0 Å². The van der Waals surface area contributed by atoms with Crippen molar-refractivity contribution >= 4 is 28.0 Å². The zero-order valence-electron chi connectivity index (χ0n) is 11.0. The number of thiazole rings is 1. The highest BCUT2D eigenvalue weighted by molar-refractivity contribution is 7.15. The maximum atomic E-state index is 11.7. The van der Waals surface area contributed by atoms with Crippen molar-refractivity contribution in [2.75, 3.05) is 24.5 Å². The number of hydrogen-bond donors (Lipinski definition) is 1. The lowest BCUT2D eigenvalue weighted by Gasteiger charge is -2.38. The van der Waals surface area contributed by atoms with Crippen LogP contribution in [0.25, 0.3) is 4.96 Å². The third-order valence-electron chi connectivity index (χ3n) is 4.28. The number of fused-ring (bicyclic) bond motifs is 2. The summed E-state index contributed by atoms with van der Waals surface area (Å²) in [6.07, 6.45) is 3.55. The number of anilines is 1. The minimum absolute atomic E-state index is 0.0168. The van der Waals surface area contributed by atoms with Crippen LogP contribution in [0.4, 0.5) is 5.82 Å². The van der Waals surface area contributed by atoms with E-state index in [2.05, 4.69) is 9.88 Å². The van der Waals surface area contributed by atoms with E-state index < -0.39 is 0 Å². The maximum absolute atomic E-state index is 11.7. The van der Waals surface area contributed by atoms with E-state index in [1.54, 1.807) is 11.3 Å². The topological polar surface area (TPSA) is 61.1 Å². The normalized spacial score (nSPS) is 22.9. The molecule has 0 bridgehead atoms. The van der Waals surface area contributed by atoms with Crippen LogP contribution in [0.3, 0.4) is 0 Å². The number of aliphatic hydroxyl groups is 1. The molecule has 2 saturated heterocycles. The van der Waals surface area contributed by atoms with Gasteiger partial charge in [-0.1, -0.05) is 0 Å². The SMILES string of the molecule is O=C1CCC2CN(c3nc4sccn4c3CO)CCN12. The number of amides is 1. The molecular formula is C13H16N4O2S. The molecule has 4 heterocycles. The van der Waals surface area contributed by atoms with E-state index >= 15 is 0 Å². The standard InChI is InChI=1S/C13H16N4O2S/c18-8-10-12(14-13-17(10)5-6-20-13)15-3-4-16-9(7-15)1-2-11(16)19/h5-6,9,18H,1-4,7-8H2. The Morgan fingerprint density at radius 3 is 3.20 bits per heavy atom. The highest BCUT2D eigenvalue weighted by atomic mass is 32.1. The molecule has 2 aromatic heterocycles. The summed E-state index contributed by atoms with van der Waals surface area (Å²) in [4.78, 5) is 21.5. The van der Waals surface area contributed by atoms with E-state index in [0.29, 0.717) is 12.5 Å². The molecule has 1 unspecified atom stereocenters. The molecule has 2 fully saturated rings. The van der Waals surface area contributed by atoms with E-state index in [9.17, 15) is 9.90 Å². The van der Waals surface area contributed by atoms with Crippen molar-refractivity contribution < 1.29 is 9.90 Å². The van der Waals surface area contributed by atoms with Crippen LogP contribution < -0.4 is 4.90 Å². The van der Waals surface area contributed by atoms with E-state index in [-0.39, 0.29) is 12.5 Å². The summed E-state index contributed by atoms with van der Waals surface area (Å²) in [5.74, 6) is 1.15. The van der Waals surface area contributed by atoms with Crippen LogP contribution in [0.2, 0.25) is 0 Å². The van der Waals surface area contributed by atoms with Crippen LogP contribution in [-0.2, 0) is 11.4 Å². The molecule has 7 heteroatoms. The Morgan fingerprint density at radius 1 is 1.45 bits per heavy atom. The van der Waals surface area contributed by atoms with Crippen molar-refractivity contribution in [3.8, 4) is 0 Å². The number of nitrogens with zero attached hydrogens (tertiary/aromatic N) is 4. The quantitative estimate of drug-likeness (QED) is 0.885. The van der Waals surface area contributed by atoms with Crippen LogP contribution in [0, 0.1) is 0 Å². The maximum Gasteiger partial charge on any atom is 0.223 e. The Bertz CT molecular complexity index is 664. The number of aliphatic hydroxyl groups excluding tert-OH is 1. The van der Waals surface area contributed by atoms with Gasteiger partial charge in [0.05, 0.1) is 12.3 Å². The Hall–Kier alpha value is -1.60. The Morgan fingerprint density at radius 2 is 2.35 bits per heavy atom. The van der Waals surface area contributed by atoms with Gasteiger partial charge in [-0.25, -0.2) is 4.98 Å². The molecule has 0 radical (unpaired) electrons. The fraction of sp³-hybridized carbons (Fsp3) is 0.538. The first-order valence-corrected chi connectivity index (χ1v) is 7.75. The smallest absolute Gasteiger partial charge is 0.223 e. The van der Waals surface area contributed by atoms with Gasteiger partial charge in [-0.3, -0.25) is 9.20 Å². The molecule has 1 amide bonds. The van der Waals surface area contributed by atoms with Crippen LogP contribution in [0.15, 0.2) is 11.6 Å². The lowest BCUT2D eigenvalue weighted by Crippen LogP contribution is -2.51. The van der Waals surface area contributed by atoms with Gasteiger partial charge in [0.2, 0.25) is 5.91 Å². The Kier molecular flexibility index (Phi) is 2.71. The molecule has 0 aliphatic carbocycles. The molecule has 2 aromatic rings. The van der Waals surface area contributed by atoms with E-state index in [4.69, 9.17) is 0 Å². The van der Waals surface area contributed by atoms with Gasteiger partial charge in [-0.2, -0.15) is 0 Å². The summed E-state index contributed by atoms with van der Waals surface area (Å²) in [6, 6.07) is 0.308. The van der Waals surface area contributed by atoms with Crippen molar-refractivity contribution in [3.05, 3.63) is 17.3 Å². The first-order valence-electron chi connectivity index (χ1n) is 6.87. The van der Waals surface area contributed by atoms with Gasteiger partial charge in [-0.05, 0) is 6.42 Å². The highest BCUT2D eigenvalue weighted by Crippen LogP contribution is 2.29. The fourth-order valence-electron chi connectivity index (χ4n) is 3.28. The first kappa shape index (κ1) is 12.2. The molecule has 1 N–H and O–H groups in total. The van der Waals surface area contributed by atoms with E-state index in [1.807, 2.05) is 20.9 Å². The average molecular weight is 292 g/mol. The summed E-state index contributed by atoms with van der Waals surface area (Å²) >= 11 is 1.57. The molecule has 0 aromatic carbocycles. The minimum atomic E-state index is -0.0168. The van der Waals surface area contributed by atoms with Gasteiger partial charge in [0.1, 0.15) is 0 Å². The summed E-state index contributed by atoms with van der Waals surface area (Å²) in [6.45, 7) is 2.36. The number of rotatable bonds is 2. The fourth-order valence-corrected chi connectivity index (χ4v) is 4.01. The molecule has 2 aliphatic rings. The molecular weight excluding hydrogens is 276 g/mol. The molecule has 4 rings (SSSR count). The summed E-state index contributed by atoms with van der Waals surface area (Å²) in [7, 11) is 0. The lowest BCUT2D eigenvalue weighted by molar-refractivity contribution is -0.129. The number of carbonyl (C=O) groups excluding carboxylic acids is 1. The Balaban J connectivity index is 1.66. The van der Waals surface area contributed by atoms with Crippen molar-refractivity contribution in [3.63, 3.8) is 0 Å². The molecule has 6 nitrogen and oxygen atoms in total. The average Bonchev–Trinajstić information content (AvgIpc) is 3.12. The molecule has 20 heavy (non-hydrogen) atoms. The van der Waals surface area contributed by atoms with Crippen molar-refractivity contribution in [2.45, 2.75) is 25.5 Å². The zero-order valence-corrected chi connectivity index (χ0v) is 11.8. The van der Waals surface area contributed by atoms with Gasteiger partial charge < -0.3 is 14.9 Å². The molecule has 0 spiro atoms. The second kappa shape index (κ2) is 4.46. The zero-order chi connectivity index (χ0) is 13.7. The Labute approximate surface area is 120 Å². The number of carbonyl (C=O) groups is 1. The molecule has 1 atom stereocenters. The number of aromatic nitrogens is 2. The van der Waals surface area contributed by atoms with Gasteiger partial charge in [-0.15, -0.1) is 11.3 Å². The van der Waals surface area contributed by atoms with Gasteiger partial charge in [0.25, 0.3) is 0 Å². The molecule has 106 valence electrons. The van der Waals surface area contributed by atoms with Crippen molar-refractivity contribution in [2.24, 2.45) is 0 Å². The van der Waals surface area contributed by atoms with Crippen LogP contribution in [-0.4, -0.2) is 51.0 Å².